The number of hydrogen-bond acceptors (Lipinski definition) is 5. The van der Waals surface area contributed by atoms with Crippen molar-refractivity contribution < 1.29 is 9.94 Å². The Morgan fingerprint density at radius 3 is 2.82 bits per heavy atom. The summed E-state index contributed by atoms with van der Waals surface area (Å²) in [6, 6.07) is 9.86. The summed E-state index contributed by atoms with van der Waals surface area (Å²) < 4.78 is 5.85. The molecule has 1 heterocycles. The van der Waals surface area contributed by atoms with Crippen LogP contribution in [0.15, 0.2) is 47.9 Å². The van der Waals surface area contributed by atoms with Gasteiger partial charge in [0.2, 0.25) is 0 Å². The predicted octanol–water partition coefficient (Wildman–Crippen LogP) is 2.30. The van der Waals surface area contributed by atoms with Crippen molar-refractivity contribution >= 4 is 6.21 Å². The second-order valence-electron chi connectivity index (χ2n) is 4.98. The summed E-state index contributed by atoms with van der Waals surface area (Å²) in [5.74, 6) is 6.28. The van der Waals surface area contributed by atoms with Crippen LogP contribution in [0.5, 0.6) is 0 Å². The fourth-order valence-corrected chi connectivity index (χ4v) is 2.09. The number of rotatable bonds is 5. The topological polar surface area (TPSA) is 48.3 Å². The highest BCUT2D eigenvalue weighted by Crippen LogP contribution is 2.13. The van der Waals surface area contributed by atoms with Crippen LogP contribution in [0.2, 0.25) is 0 Å². The Hall–Kier alpha value is -2.45. The molecule has 0 saturated heterocycles. The molecule has 22 heavy (non-hydrogen) atoms. The van der Waals surface area contributed by atoms with E-state index in [0.29, 0.717) is 6.73 Å². The van der Waals surface area contributed by atoms with Crippen LogP contribution in [0.25, 0.3) is 0 Å². The van der Waals surface area contributed by atoms with E-state index >= 15 is 0 Å². The Bertz CT molecular complexity index is 575. The Balaban J connectivity index is 1.91. The van der Waals surface area contributed by atoms with Crippen LogP contribution in [0.4, 0.5) is 0 Å². The van der Waals surface area contributed by atoms with Crippen molar-refractivity contribution in [3.05, 3.63) is 48.3 Å². The monoisotopic (exact) mass is 299 g/mol. The summed E-state index contributed by atoms with van der Waals surface area (Å²) in [7, 11) is 1.91. The highest BCUT2D eigenvalue weighted by Gasteiger charge is 2.22. The molecule has 0 amide bonds. The average Bonchev–Trinajstić information content (AvgIpc) is 2.90. The third kappa shape index (κ3) is 4.27. The molecule has 1 aromatic rings. The largest absolute Gasteiger partial charge is 0.411 e. The molecule has 2 unspecified atom stereocenters. The van der Waals surface area contributed by atoms with Crippen molar-refractivity contribution in [2.45, 2.75) is 25.6 Å². The van der Waals surface area contributed by atoms with Gasteiger partial charge in [-0.1, -0.05) is 42.1 Å². The van der Waals surface area contributed by atoms with E-state index in [9.17, 15) is 0 Å². The molecule has 2 rings (SSSR count). The molecule has 0 saturated carbocycles. The average molecular weight is 299 g/mol. The third-order valence-corrected chi connectivity index (χ3v) is 3.40. The standard InChI is InChI=1S/C17H21N3O2/c1-3-16(10-9-15-7-5-4-6-8-15)22-14-20-12-11-19(2)17(20)13-18-21/h4-8,11-13,16-17,21H,3,14H2,1-2H3/b18-13-. The van der Waals surface area contributed by atoms with Gasteiger partial charge in [0, 0.05) is 25.0 Å². The first-order chi connectivity index (χ1) is 10.7. The quantitative estimate of drug-likeness (QED) is 0.392. The van der Waals surface area contributed by atoms with Crippen LogP contribution in [-0.2, 0) is 4.74 Å². The molecule has 2 atom stereocenters. The minimum absolute atomic E-state index is 0.133. The third-order valence-electron chi connectivity index (χ3n) is 3.40. The van der Waals surface area contributed by atoms with Crippen LogP contribution >= 0.6 is 0 Å². The SMILES string of the molecule is CCC(C#Cc1ccccc1)OCN1C=CN(C)C1/C=N\O. The summed E-state index contributed by atoms with van der Waals surface area (Å²) in [6.07, 6.45) is 5.82. The van der Waals surface area contributed by atoms with Gasteiger partial charge in [-0.3, -0.25) is 0 Å². The molecule has 116 valence electrons. The summed E-state index contributed by atoms with van der Waals surface area (Å²) >= 11 is 0. The zero-order chi connectivity index (χ0) is 15.8. The van der Waals surface area contributed by atoms with Gasteiger partial charge in [-0.25, -0.2) is 0 Å². The summed E-state index contributed by atoms with van der Waals surface area (Å²) in [6.45, 7) is 2.43. The molecular weight excluding hydrogens is 278 g/mol. The van der Waals surface area contributed by atoms with Gasteiger partial charge in [-0.2, -0.15) is 0 Å². The maximum Gasteiger partial charge on any atom is 0.142 e. The van der Waals surface area contributed by atoms with E-state index in [4.69, 9.17) is 9.94 Å². The zero-order valence-corrected chi connectivity index (χ0v) is 12.9. The van der Waals surface area contributed by atoms with Gasteiger partial charge in [0.15, 0.2) is 0 Å². The molecule has 0 spiro atoms. The molecular formula is C17H21N3O2. The molecule has 1 aromatic carbocycles. The molecule has 0 bridgehead atoms. The van der Waals surface area contributed by atoms with E-state index in [1.54, 1.807) is 0 Å². The van der Waals surface area contributed by atoms with Gasteiger partial charge in [-0.15, -0.1) is 0 Å². The van der Waals surface area contributed by atoms with E-state index in [2.05, 4.69) is 17.0 Å². The first-order valence-electron chi connectivity index (χ1n) is 7.26. The number of oxime groups is 1. The number of benzene rings is 1. The van der Waals surface area contributed by atoms with E-state index in [1.165, 1.54) is 6.21 Å². The lowest BCUT2D eigenvalue weighted by molar-refractivity contribution is 0.00633. The number of ether oxygens (including phenoxy) is 1. The molecule has 0 fully saturated rings. The lowest BCUT2D eigenvalue weighted by Gasteiger charge is -2.27. The Morgan fingerprint density at radius 1 is 1.36 bits per heavy atom. The van der Waals surface area contributed by atoms with Gasteiger partial charge in [-0.05, 0) is 18.6 Å². The van der Waals surface area contributed by atoms with Crippen molar-refractivity contribution in [3.8, 4) is 11.8 Å². The minimum Gasteiger partial charge on any atom is -0.411 e. The molecule has 5 nitrogen and oxygen atoms in total. The number of hydrogen-bond donors (Lipinski definition) is 1. The zero-order valence-electron chi connectivity index (χ0n) is 12.9. The van der Waals surface area contributed by atoms with Gasteiger partial charge in [0.05, 0.1) is 6.21 Å². The van der Waals surface area contributed by atoms with Crippen molar-refractivity contribution in [2.75, 3.05) is 13.8 Å². The molecule has 1 N–H and O–H groups in total. The Morgan fingerprint density at radius 2 is 2.14 bits per heavy atom. The fraction of sp³-hybridized carbons (Fsp3) is 0.353. The fourth-order valence-electron chi connectivity index (χ4n) is 2.09. The smallest absolute Gasteiger partial charge is 0.142 e. The van der Waals surface area contributed by atoms with Gasteiger partial charge in [0.1, 0.15) is 19.0 Å². The molecule has 0 radical (unpaired) electrons. The molecule has 0 aromatic heterocycles. The first kappa shape index (κ1) is 15.9. The normalized spacial score (nSPS) is 18.5. The highest BCUT2D eigenvalue weighted by molar-refractivity contribution is 5.64. The predicted molar refractivity (Wildman–Crippen MR) is 86.2 cm³/mol. The van der Waals surface area contributed by atoms with Crippen LogP contribution in [0, 0.1) is 11.8 Å². The molecule has 5 heteroatoms. The van der Waals surface area contributed by atoms with Crippen molar-refractivity contribution in [1.82, 2.24) is 9.80 Å². The lowest BCUT2D eigenvalue weighted by atomic mass is 10.2. The summed E-state index contributed by atoms with van der Waals surface area (Å²) in [5.41, 5.74) is 0.982. The van der Waals surface area contributed by atoms with Crippen molar-refractivity contribution in [3.63, 3.8) is 0 Å². The minimum atomic E-state index is -0.135. The molecule has 1 aliphatic heterocycles. The molecule has 0 aliphatic carbocycles. The first-order valence-corrected chi connectivity index (χ1v) is 7.26. The molecule has 1 aliphatic rings. The van der Waals surface area contributed by atoms with Crippen LogP contribution < -0.4 is 0 Å². The van der Waals surface area contributed by atoms with Gasteiger partial charge >= 0.3 is 0 Å². The summed E-state index contributed by atoms with van der Waals surface area (Å²) in [4.78, 5) is 3.87. The maximum absolute atomic E-state index is 8.72. The van der Waals surface area contributed by atoms with Crippen molar-refractivity contribution in [2.24, 2.45) is 5.16 Å². The van der Waals surface area contributed by atoms with E-state index in [-0.39, 0.29) is 12.3 Å². The van der Waals surface area contributed by atoms with Crippen LogP contribution in [-0.4, -0.2) is 47.3 Å². The maximum atomic E-state index is 8.72. The summed E-state index contributed by atoms with van der Waals surface area (Å²) in [5, 5.41) is 11.8. The van der Waals surface area contributed by atoms with Gasteiger partial charge < -0.3 is 19.7 Å². The van der Waals surface area contributed by atoms with Crippen LogP contribution in [0.1, 0.15) is 18.9 Å². The van der Waals surface area contributed by atoms with E-state index < -0.39 is 0 Å². The van der Waals surface area contributed by atoms with E-state index in [0.717, 1.165) is 12.0 Å². The lowest BCUT2D eigenvalue weighted by Crippen LogP contribution is -2.39. The van der Waals surface area contributed by atoms with Crippen LogP contribution in [0.3, 0.4) is 0 Å². The van der Waals surface area contributed by atoms with E-state index in [1.807, 2.05) is 66.5 Å². The second kappa shape index (κ2) is 8.11. The van der Waals surface area contributed by atoms with Gasteiger partial charge in [0.25, 0.3) is 0 Å². The highest BCUT2D eigenvalue weighted by atomic mass is 16.5. The second-order valence-corrected chi connectivity index (χ2v) is 4.98. The number of nitrogens with zero attached hydrogens (tertiary/aromatic N) is 3. The Kier molecular flexibility index (Phi) is 5.87. The Labute approximate surface area is 131 Å². The van der Waals surface area contributed by atoms with Crippen molar-refractivity contribution in [1.29, 1.82) is 0 Å².